The molecule has 0 saturated heterocycles. The number of aromatic amines is 1. The first-order chi connectivity index (χ1) is 19.0. The van der Waals surface area contributed by atoms with Gasteiger partial charge in [-0.05, 0) is 66.4 Å². The van der Waals surface area contributed by atoms with Crippen LogP contribution < -0.4 is 0 Å². The number of H-pyrrole nitrogens is 1. The van der Waals surface area contributed by atoms with Gasteiger partial charge in [0, 0.05) is 16.5 Å². The Hall–Kier alpha value is -5.12. The standard InChI is InChI=1S/C30H22F3N3O4/c1-15-9-10-18(13-16(15)2)24-22(30(31,32)33)12-11-21-25(24)34-28(38)26(21)36-35-23-8-4-7-20(27(23)37)17-5-3-6-19(14-17)29(39)40/h3-14,34,37-38H,1-2H3,(H,39,40). The van der Waals surface area contributed by atoms with Crippen molar-refractivity contribution in [3.63, 3.8) is 0 Å². The van der Waals surface area contributed by atoms with Crippen LogP contribution in [-0.4, -0.2) is 26.3 Å². The van der Waals surface area contributed by atoms with Gasteiger partial charge in [-0.2, -0.15) is 13.2 Å². The van der Waals surface area contributed by atoms with Crippen molar-refractivity contribution in [2.45, 2.75) is 20.0 Å². The number of alkyl halides is 3. The summed E-state index contributed by atoms with van der Waals surface area (Å²) >= 11 is 0. The maximum atomic E-state index is 14.0. The second-order valence-corrected chi connectivity index (χ2v) is 9.29. The Morgan fingerprint density at radius 3 is 2.30 bits per heavy atom. The number of hydrogen-bond acceptors (Lipinski definition) is 5. The van der Waals surface area contributed by atoms with E-state index in [1.165, 1.54) is 24.3 Å². The summed E-state index contributed by atoms with van der Waals surface area (Å²) in [6.07, 6.45) is -4.66. The molecule has 0 radical (unpaired) electrons. The molecule has 0 spiro atoms. The van der Waals surface area contributed by atoms with Gasteiger partial charge in [-0.3, -0.25) is 0 Å². The van der Waals surface area contributed by atoms with Crippen molar-refractivity contribution in [1.29, 1.82) is 0 Å². The third kappa shape index (κ3) is 4.75. The average molecular weight is 546 g/mol. The summed E-state index contributed by atoms with van der Waals surface area (Å²) in [7, 11) is 0. The number of aromatic carboxylic acids is 1. The summed E-state index contributed by atoms with van der Waals surface area (Å²) < 4.78 is 42.1. The minimum Gasteiger partial charge on any atom is -0.505 e. The molecule has 0 aliphatic rings. The van der Waals surface area contributed by atoms with Gasteiger partial charge in [0.1, 0.15) is 5.69 Å². The van der Waals surface area contributed by atoms with Crippen LogP contribution in [0.4, 0.5) is 24.5 Å². The second-order valence-electron chi connectivity index (χ2n) is 9.29. The molecule has 10 heteroatoms. The lowest BCUT2D eigenvalue weighted by Gasteiger charge is -2.15. The summed E-state index contributed by atoms with van der Waals surface area (Å²) in [6, 6.07) is 17.7. The molecule has 5 rings (SSSR count). The number of carboxylic acid groups (broad SMARTS) is 1. The molecule has 0 saturated carbocycles. The predicted octanol–water partition coefficient (Wildman–Crippen LogP) is 8.66. The maximum absolute atomic E-state index is 14.0. The van der Waals surface area contributed by atoms with Crippen molar-refractivity contribution >= 4 is 28.2 Å². The lowest BCUT2D eigenvalue weighted by atomic mass is 9.94. The number of nitrogens with zero attached hydrogens (tertiary/aromatic N) is 2. The van der Waals surface area contributed by atoms with Gasteiger partial charge in [-0.1, -0.05) is 42.5 Å². The Labute approximate surface area is 225 Å². The Balaban J connectivity index is 1.63. The molecule has 0 atom stereocenters. The third-order valence-electron chi connectivity index (χ3n) is 6.72. The van der Waals surface area contributed by atoms with Crippen LogP contribution in [0.1, 0.15) is 27.0 Å². The zero-order valence-electron chi connectivity index (χ0n) is 21.2. The van der Waals surface area contributed by atoms with Crippen LogP contribution in [-0.2, 0) is 6.18 Å². The molecule has 0 fully saturated rings. The molecule has 4 N–H and O–H groups in total. The number of azo groups is 1. The highest BCUT2D eigenvalue weighted by atomic mass is 19.4. The number of aromatic nitrogens is 1. The van der Waals surface area contributed by atoms with Crippen LogP contribution in [0.5, 0.6) is 11.6 Å². The molecular formula is C30H22F3N3O4. The van der Waals surface area contributed by atoms with Gasteiger partial charge in [0.15, 0.2) is 11.4 Å². The van der Waals surface area contributed by atoms with E-state index in [-0.39, 0.29) is 39.2 Å². The number of phenolic OH excluding ortho intramolecular Hbond substituents is 1. The van der Waals surface area contributed by atoms with Crippen LogP contribution in [0, 0.1) is 13.8 Å². The number of hydrogen-bond donors (Lipinski definition) is 4. The molecule has 0 aliphatic heterocycles. The number of fused-ring (bicyclic) bond motifs is 1. The summed E-state index contributed by atoms with van der Waals surface area (Å²) in [5.41, 5.74) is 1.75. The summed E-state index contributed by atoms with van der Waals surface area (Å²) in [5, 5.41) is 39.1. The van der Waals surface area contributed by atoms with Crippen molar-refractivity contribution in [3.8, 4) is 33.9 Å². The van der Waals surface area contributed by atoms with Crippen LogP contribution in [0.3, 0.4) is 0 Å². The molecular weight excluding hydrogens is 523 g/mol. The molecule has 5 aromatic rings. The molecule has 0 unspecified atom stereocenters. The number of aromatic hydroxyl groups is 2. The topological polar surface area (TPSA) is 118 Å². The summed E-state index contributed by atoms with van der Waals surface area (Å²) in [6.45, 7) is 3.66. The smallest absolute Gasteiger partial charge is 0.417 e. The molecule has 4 aromatic carbocycles. The number of para-hydroxylation sites is 1. The van der Waals surface area contributed by atoms with Gasteiger partial charge in [0.2, 0.25) is 5.88 Å². The third-order valence-corrected chi connectivity index (χ3v) is 6.72. The van der Waals surface area contributed by atoms with E-state index < -0.39 is 23.6 Å². The second kappa shape index (κ2) is 9.88. The zero-order chi connectivity index (χ0) is 28.8. The SMILES string of the molecule is Cc1ccc(-c2c(C(F)(F)F)ccc3c(N=Nc4cccc(-c5cccc(C(=O)O)c5)c4O)c(O)[nH]c23)cc1C. The maximum Gasteiger partial charge on any atom is 0.417 e. The minimum atomic E-state index is -4.66. The Morgan fingerprint density at radius 1 is 0.850 bits per heavy atom. The average Bonchev–Trinajstić information content (AvgIpc) is 3.23. The summed E-state index contributed by atoms with van der Waals surface area (Å²) in [4.78, 5) is 14.0. The van der Waals surface area contributed by atoms with Gasteiger partial charge in [0.05, 0.1) is 16.6 Å². The molecule has 0 bridgehead atoms. The minimum absolute atomic E-state index is 0.00766. The number of carbonyl (C=O) groups is 1. The molecule has 40 heavy (non-hydrogen) atoms. The lowest BCUT2D eigenvalue weighted by Crippen LogP contribution is -2.07. The van der Waals surface area contributed by atoms with Crippen molar-refractivity contribution < 1.29 is 33.3 Å². The Bertz CT molecular complexity index is 1820. The highest BCUT2D eigenvalue weighted by Gasteiger charge is 2.35. The number of nitrogens with one attached hydrogen (secondary N) is 1. The van der Waals surface area contributed by atoms with Crippen molar-refractivity contribution in [2.24, 2.45) is 10.2 Å². The molecule has 7 nitrogen and oxygen atoms in total. The summed E-state index contributed by atoms with van der Waals surface area (Å²) in [5.74, 6) is -1.91. The van der Waals surface area contributed by atoms with E-state index in [1.807, 2.05) is 6.92 Å². The van der Waals surface area contributed by atoms with Crippen LogP contribution in [0.25, 0.3) is 33.2 Å². The first-order valence-corrected chi connectivity index (χ1v) is 12.1. The molecule has 1 heterocycles. The van der Waals surface area contributed by atoms with Gasteiger partial charge < -0.3 is 20.3 Å². The number of rotatable bonds is 5. The number of benzene rings is 4. The number of carboxylic acids is 1. The molecule has 0 aliphatic carbocycles. The van der Waals surface area contributed by atoms with Gasteiger partial charge in [0.25, 0.3) is 0 Å². The van der Waals surface area contributed by atoms with Crippen molar-refractivity contribution in [1.82, 2.24) is 4.98 Å². The number of halogens is 3. The quantitative estimate of drug-likeness (QED) is 0.165. The highest BCUT2D eigenvalue weighted by molar-refractivity contribution is 6.04. The molecule has 1 aromatic heterocycles. The van der Waals surface area contributed by atoms with Crippen molar-refractivity contribution in [2.75, 3.05) is 0 Å². The fraction of sp³-hybridized carbons (Fsp3) is 0.100. The van der Waals surface area contributed by atoms with Gasteiger partial charge >= 0.3 is 12.1 Å². The first-order valence-electron chi connectivity index (χ1n) is 12.1. The van der Waals surface area contributed by atoms with E-state index in [2.05, 4.69) is 15.2 Å². The van der Waals surface area contributed by atoms with E-state index in [9.17, 15) is 33.3 Å². The van der Waals surface area contributed by atoms with Gasteiger partial charge in [-0.15, -0.1) is 10.2 Å². The van der Waals surface area contributed by atoms with Crippen LogP contribution in [0.15, 0.2) is 83.0 Å². The molecule has 0 amide bonds. The number of aryl methyl sites for hydroxylation is 2. The van der Waals surface area contributed by atoms with Crippen molar-refractivity contribution in [3.05, 3.63) is 95.1 Å². The highest BCUT2D eigenvalue weighted by Crippen LogP contribution is 2.47. The normalized spacial score (nSPS) is 11.9. The van der Waals surface area contributed by atoms with E-state index in [1.54, 1.807) is 49.4 Å². The largest absolute Gasteiger partial charge is 0.505 e. The number of phenols is 1. The Morgan fingerprint density at radius 2 is 1.60 bits per heavy atom. The molecule has 202 valence electrons. The van der Waals surface area contributed by atoms with E-state index >= 15 is 0 Å². The first kappa shape index (κ1) is 26.5. The van der Waals surface area contributed by atoms with Crippen LogP contribution in [0.2, 0.25) is 0 Å². The van der Waals surface area contributed by atoms with E-state index in [4.69, 9.17) is 0 Å². The van der Waals surface area contributed by atoms with Gasteiger partial charge in [-0.25, -0.2) is 4.79 Å². The Kier molecular flexibility index (Phi) is 6.54. The van der Waals surface area contributed by atoms with E-state index in [0.717, 1.165) is 17.2 Å². The fourth-order valence-electron chi connectivity index (χ4n) is 4.54. The van der Waals surface area contributed by atoms with Crippen LogP contribution >= 0.6 is 0 Å². The monoisotopic (exact) mass is 545 g/mol. The van der Waals surface area contributed by atoms with E-state index in [0.29, 0.717) is 16.7 Å². The zero-order valence-corrected chi connectivity index (χ0v) is 21.2. The lowest BCUT2D eigenvalue weighted by molar-refractivity contribution is -0.137. The fourth-order valence-corrected chi connectivity index (χ4v) is 4.54. The predicted molar refractivity (Wildman–Crippen MR) is 145 cm³/mol.